The van der Waals surface area contributed by atoms with Crippen molar-refractivity contribution in [1.82, 2.24) is 35.3 Å². The van der Waals surface area contributed by atoms with Gasteiger partial charge in [0.1, 0.15) is 34.2 Å². The predicted octanol–water partition coefficient (Wildman–Crippen LogP) is -11.7. The lowest BCUT2D eigenvalue weighted by molar-refractivity contribution is -0.145. The summed E-state index contributed by atoms with van der Waals surface area (Å²) in [6, 6.07) is -2.89. The number of nitrogens with two attached hydrogens (primary N) is 7. The maximum absolute atomic E-state index is 12.8. The Morgan fingerprint density at radius 1 is 0.414 bits per heavy atom. The largest absolute Gasteiger partial charge is 0.480 e. The van der Waals surface area contributed by atoms with Gasteiger partial charge >= 0.3 is 64.3 Å². The summed E-state index contributed by atoms with van der Waals surface area (Å²) in [4.78, 5) is 67.5. The first-order chi connectivity index (χ1) is 45.3. The van der Waals surface area contributed by atoms with Crippen LogP contribution in [0.25, 0.3) is 0 Å². The van der Waals surface area contributed by atoms with E-state index < -0.39 is 195 Å². The molecule has 0 aromatic carbocycles. The third-order valence-electron chi connectivity index (χ3n) is 19.1. The summed E-state index contributed by atoms with van der Waals surface area (Å²) in [7, 11) is -21.9. The second-order valence-electron chi connectivity index (χ2n) is 27.1. The number of hydrogen-bond donors (Lipinski definition) is 23. The number of nitrogens with zero attached hydrogens (tertiary/aromatic N) is 6. The summed E-state index contributed by atoms with van der Waals surface area (Å²) in [6.45, 7) is 0.126. The number of carbonyl (C=O) groups is 6. The number of carboxylic acid groups (broad SMARTS) is 6. The van der Waals surface area contributed by atoms with Gasteiger partial charge in [0.2, 0.25) is 0 Å². The fraction of sp³-hybridized carbons (Fsp3) is 0.875. The Morgan fingerprint density at radius 2 is 0.657 bits per heavy atom. The molecule has 99 heavy (non-hydrogen) atoms. The number of carboxylic acids is 6. The Balaban J connectivity index is 0.000000280. The molecule has 6 saturated heterocycles. The molecule has 0 unspecified atom stereocenters. The fourth-order valence-corrected chi connectivity index (χ4v) is 19.3. The second-order valence-corrected chi connectivity index (χ2v) is 34.5. The fourth-order valence-electron chi connectivity index (χ4n) is 12.7. The highest BCUT2D eigenvalue weighted by molar-refractivity contribution is 7.87. The van der Waals surface area contributed by atoms with E-state index in [4.69, 9.17) is 90.5 Å². The van der Waals surface area contributed by atoms with Gasteiger partial charge in [0.15, 0.2) is 0 Å². The van der Waals surface area contributed by atoms with Gasteiger partial charge in [-0.2, -0.15) is 68.9 Å². The summed E-state index contributed by atoms with van der Waals surface area (Å²) in [5.74, 6) is -10.6. The molecule has 1 aliphatic carbocycles. The summed E-state index contributed by atoms with van der Waals surface area (Å²) in [6.07, 6.45) is 5.64. The quantitative estimate of drug-likeness (QED) is 0.0266. The molecule has 7 aliphatic rings. The van der Waals surface area contributed by atoms with Crippen LogP contribution < -0.4 is 49.6 Å². The number of aliphatic carboxylic acids is 6. The Labute approximate surface area is 574 Å². The zero-order valence-electron chi connectivity index (χ0n) is 54.6. The molecule has 10 atom stereocenters. The van der Waals surface area contributed by atoms with Crippen LogP contribution in [0.4, 0.5) is 0 Å². The molecule has 0 aromatic heterocycles. The molecule has 568 valence electrons. The second kappa shape index (κ2) is 34.7. The van der Waals surface area contributed by atoms with Crippen molar-refractivity contribution in [2.45, 2.75) is 143 Å². The first-order valence-corrected chi connectivity index (χ1v) is 37.2. The third kappa shape index (κ3) is 22.5. The number of nitrogens with one attached hydrogen (secondary N) is 2. The van der Waals surface area contributed by atoms with Crippen LogP contribution in [0.3, 0.4) is 0 Å². The van der Waals surface area contributed by atoms with Gasteiger partial charge in [-0.15, -0.1) is 0 Å². The lowest BCUT2D eigenvalue weighted by atomic mass is 9.65. The van der Waals surface area contributed by atoms with Gasteiger partial charge in [0, 0.05) is 121 Å². The van der Waals surface area contributed by atoms with Crippen molar-refractivity contribution in [3.63, 3.8) is 0 Å². The minimum absolute atomic E-state index is 0.00463. The van der Waals surface area contributed by atoms with E-state index in [1.807, 2.05) is 9.44 Å². The monoisotopic (exact) mass is 1500 g/mol. The van der Waals surface area contributed by atoms with E-state index in [0.29, 0.717) is 38.8 Å². The summed E-state index contributed by atoms with van der Waals surface area (Å²) in [5, 5.41) is 126. The summed E-state index contributed by atoms with van der Waals surface area (Å²) >= 11 is 0. The van der Waals surface area contributed by atoms with Gasteiger partial charge in [-0.05, 0) is 76.1 Å². The molecule has 6 heterocycles. The smallest absolute Gasteiger partial charge is 0.451 e. The molecular formula is C48H97B4N15O28S4. The van der Waals surface area contributed by atoms with Crippen molar-refractivity contribution in [2.24, 2.45) is 69.2 Å². The van der Waals surface area contributed by atoms with Crippen molar-refractivity contribution in [2.75, 3.05) is 91.6 Å². The predicted molar refractivity (Wildman–Crippen MR) is 350 cm³/mol. The highest BCUT2D eigenvalue weighted by atomic mass is 32.2. The summed E-state index contributed by atoms with van der Waals surface area (Å²) < 4.78 is 110. The van der Waals surface area contributed by atoms with E-state index in [-0.39, 0.29) is 109 Å². The van der Waals surface area contributed by atoms with Crippen LogP contribution in [-0.4, -0.2) is 326 Å². The van der Waals surface area contributed by atoms with E-state index in [1.165, 1.54) is 12.9 Å². The molecule has 0 amide bonds. The third-order valence-corrected chi connectivity index (χ3v) is 25.8. The topological polar surface area (TPSA) is 748 Å². The van der Waals surface area contributed by atoms with E-state index >= 15 is 0 Å². The Morgan fingerprint density at radius 3 is 0.869 bits per heavy atom. The minimum atomic E-state index is -4.17. The van der Waals surface area contributed by atoms with Gasteiger partial charge in [0.25, 0.3) is 40.8 Å². The molecule has 0 bridgehead atoms. The van der Waals surface area contributed by atoms with Gasteiger partial charge in [-0.25, -0.2) is 0 Å². The lowest BCUT2D eigenvalue weighted by Gasteiger charge is -2.55. The van der Waals surface area contributed by atoms with Crippen LogP contribution >= 0.6 is 0 Å². The average Bonchev–Trinajstić information content (AvgIpc) is 1.71. The van der Waals surface area contributed by atoms with Crippen molar-refractivity contribution < 1.29 is 133 Å². The van der Waals surface area contributed by atoms with E-state index in [0.717, 1.165) is 32.2 Å². The SMILES string of the molecule is CC1(N)CN(S(=O)(=O)N2C[C@H](CCCB(O)O)[C@](N)(C(=O)O)C2)C1.N[C@@H](CNS(=O)(=O)N1C[C@H](CCCB(O)O)[C@](N)(C(=O)O)C1)C(=O)O.N[C@@]1(C(=O)O)CN(S(=O)(=O)N2CC3(CCC3)C2)C[C@@H]1CCCB(O)O.N[C@H](CNS(=O)(=O)N1C[C@H](CCCB(O)O)[C@](N)(C(=O)O)C1)C(=O)O. The molecule has 43 nitrogen and oxygen atoms in total. The zero-order valence-corrected chi connectivity index (χ0v) is 57.9. The van der Waals surface area contributed by atoms with Crippen LogP contribution in [0.2, 0.25) is 25.3 Å². The van der Waals surface area contributed by atoms with Gasteiger partial charge in [0.05, 0.1) is 0 Å². The number of hydrogen-bond acceptors (Lipinski definition) is 29. The van der Waals surface area contributed by atoms with Crippen LogP contribution in [0.15, 0.2) is 0 Å². The maximum atomic E-state index is 12.8. The Bertz CT molecular complexity index is 3170. The average molecular weight is 1500 g/mol. The Hall–Kier alpha value is -4.04. The molecule has 1 saturated carbocycles. The Kier molecular flexibility index (Phi) is 30.6. The van der Waals surface area contributed by atoms with Crippen LogP contribution in [0.1, 0.15) is 77.6 Å². The minimum Gasteiger partial charge on any atom is -0.480 e. The highest BCUT2D eigenvalue weighted by Gasteiger charge is 2.59. The molecule has 0 aromatic rings. The molecule has 7 rings (SSSR count). The van der Waals surface area contributed by atoms with Crippen molar-refractivity contribution in [3.8, 4) is 0 Å². The van der Waals surface area contributed by atoms with Gasteiger partial charge in [-0.1, -0.05) is 32.1 Å². The van der Waals surface area contributed by atoms with Crippen molar-refractivity contribution in [1.29, 1.82) is 0 Å². The molecule has 0 radical (unpaired) electrons. The van der Waals surface area contributed by atoms with Crippen LogP contribution in [0, 0.1) is 29.1 Å². The maximum Gasteiger partial charge on any atom is 0.451 e. The highest BCUT2D eigenvalue weighted by Crippen LogP contribution is 2.50. The normalized spacial score (nSPS) is 28.6. The number of rotatable bonds is 34. The summed E-state index contributed by atoms with van der Waals surface area (Å²) in [5.41, 5.74) is 32.7. The van der Waals surface area contributed by atoms with Gasteiger partial charge in [-0.3, -0.25) is 28.8 Å². The van der Waals surface area contributed by atoms with Crippen molar-refractivity contribution >= 4 is 105 Å². The molecule has 7 fully saturated rings. The molecular weight excluding hydrogens is 1410 g/mol. The first kappa shape index (κ1) is 87.4. The zero-order chi connectivity index (χ0) is 75.6. The lowest BCUT2D eigenvalue weighted by Crippen LogP contribution is -2.68. The molecule has 30 N–H and O–H groups in total. The van der Waals surface area contributed by atoms with Crippen LogP contribution in [0.5, 0.6) is 0 Å². The molecule has 6 aliphatic heterocycles. The van der Waals surface area contributed by atoms with Crippen molar-refractivity contribution in [3.05, 3.63) is 0 Å². The van der Waals surface area contributed by atoms with E-state index in [9.17, 15) is 82.9 Å². The standard InChI is InChI=1S/C14H26BN3O6S.C12H25BN4O6S.2C11H23BN4O8S/c16-14(12(19)20)10-17(7-11(14)3-1-6-15(21)22)25(23,24)18-8-13(9-18)4-2-5-13;1-11(14)6-17(7-11)24(22,23)16-5-9(3-2-4-13(20)21)12(15,8-16)10(18)19;2*13-8(9(17)18)4-15-25(23,24)16-5-7(2-1-3-12(21)22)11(14,6-16)10(19)20/h11,21-22H,1-10,16H2,(H,19,20);9,20-21H,2-8,14-15H2,1H3,(H,18,19);2*7-8,15,21-22H,1-6,13-14H2,(H,17,18)(H,19,20)/t11-,14-;9-,12-;7-,8+,11-;7-,8-,11-/m0000/s1. The van der Waals surface area contributed by atoms with Gasteiger partial charge < -0.3 is 111 Å². The van der Waals surface area contributed by atoms with E-state index in [1.54, 1.807) is 6.92 Å². The first-order valence-electron chi connectivity index (χ1n) is 31.6. The van der Waals surface area contributed by atoms with Crippen LogP contribution in [-0.2, 0) is 69.6 Å². The molecule has 1 spiro atoms. The van der Waals surface area contributed by atoms with E-state index in [2.05, 4.69) is 0 Å². The molecule has 51 heteroatoms.